The maximum absolute atomic E-state index is 12.2. The van der Waals surface area contributed by atoms with Crippen LogP contribution in [-0.4, -0.2) is 48.6 Å². The second-order valence-corrected chi connectivity index (χ2v) is 6.84. The summed E-state index contributed by atoms with van der Waals surface area (Å²) in [5, 5.41) is 4.21. The van der Waals surface area contributed by atoms with Gasteiger partial charge in [-0.25, -0.2) is 4.79 Å². The Kier molecular flexibility index (Phi) is 3.92. The zero-order chi connectivity index (χ0) is 16.6. The minimum Gasteiger partial charge on any atom is -0.497 e. The number of carbonyl (C=O) groups excluding carboxylic acids is 1. The molecule has 1 amide bonds. The van der Waals surface area contributed by atoms with Crippen LogP contribution in [0.25, 0.3) is 0 Å². The van der Waals surface area contributed by atoms with Crippen molar-refractivity contribution in [3.63, 3.8) is 0 Å². The van der Waals surface area contributed by atoms with Crippen molar-refractivity contribution in [1.82, 2.24) is 4.90 Å². The van der Waals surface area contributed by atoms with E-state index in [9.17, 15) is 4.79 Å². The van der Waals surface area contributed by atoms with Crippen molar-refractivity contribution in [1.29, 1.82) is 0 Å². The molecule has 2 unspecified atom stereocenters. The van der Waals surface area contributed by atoms with E-state index >= 15 is 0 Å². The molecule has 3 rings (SSSR count). The van der Waals surface area contributed by atoms with E-state index in [-0.39, 0.29) is 18.1 Å². The van der Waals surface area contributed by atoms with Gasteiger partial charge >= 0.3 is 6.09 Å². The van der Waals surface area contributed by atoms with Crippen LogP contribution >= 0.6 is 0 Å². The van der Waals surface area contributed by atoms with Crippen molar-refractivity contribution in [2.24, 2.45) is 11.1 Å². The van der Waals surface area contributed by atoms with Gasteiger partial charge in [0, 0.05) is 12.1 Å². The largest absolute Gasteiger partial charge is 0.497 e. The summed E-state index contributed by atoms with van der Waals surface area (Å²) in [7, 11) is 1.64. The molecule has 0 bridgehead atoms. The van der Waals surface area contributed by atoms with E-state index in [1.54, 1.807) is 12.0 Å². The lowest BCUT2D eigenvalue weighted by Gasteiger charge is -2.24. The number of nitrogens with zero attached hydrogens (tertiary/aromatic N) is 2. The number of rotatable bonds is 2. The van der Waals surface area contributed by atoms with Crippen LogP contribution in [0.2, 0.25) is 0 Å². The van der Waals surface area contributed by atoms with Crippen molar-refractivity contribution < 1.29 is 19.1 Å². The maximum atomic E-state index is 12.2. The molecule has 23 heavy (non-hydrogen) atoms. The zero-order valence-electron chi connectivity index (χ0n) is 13.9. The predicted molar refractivity (Wildman–Crippen MR) is 85.7 cm³/mol. The average Bonchev–Trinajstić information content (AvgIpc) is 3.05. The summed E-state index contributed by atoms with van der Waals surface area (Å²) in [6.07, 6.45) is -0.399. The van der Waals surface area contributed by atoms with E-state index in [2.05, 4.69) is 5.16 Å². The number of carbonyl (C=O) groups is 1. The molecule has 0 spiro atoms. The molecule has 2 aliphatic heterocycles. The highest BCUT2D eigenvalue weighted by Crippen LogP contribution is 2.31. The first-order valence-electron chi connectivity index (χ1n) is 7.73. The molecule has 2 aliphatic rings. The van der Waals surface area contributed by atoms with E-state index in [1.807, 2.05) is 45.0 Å². The van der Waals surface area contributed by atoms with Gasteiger partial charge in [-0.15, -0.1) is 0 Å². The Morgan fingerprint density at radius 1 is 1.26 bits per heavy atom. The van der Waals surface area contributed by atoms with Gasteiger partial charge < -0.3 is 19.2 Å². The number of likely N-dealkylation sites (tertiary alicyclic amines) is 1. The normalized spacial score (nSPS) is 23.1. The number of hydrogen-bond donors (Lipinski definition) is 0. The topological polar surface area (TPSA) is 60.4 Å². The molecule has 1 aromatic carbocycles. The van der Waals surface area contributed by atoms with E-state index in [4.69, 9.17) is 14.3 Å². The van der Waals surface area contributed by atoms with Gasteiger partial charge in [-0.1, -0.05) is 5.16 Å². The number of methoxy groups -OCH3 is 1. The molecule has 6 heteroatoms. The molecule has 0 aromatic heterocycles. The van der Waals surface area contributed by atoms with Crippen LogP contribution in [0.1, 0.15) is 26.3 Å². The lowest BCUT2D eigenvalue weighted by molar-refractivity contribution is 0.0228. The average molecular weight is 318 g/mol. The molecule has 6 nitrogen and oxygen atoms in total. The lowest BCUT2D eigenvalue weighted by Crippen LogP contribution is -2.36. The fourth-order valence-corrected chi connectivity index (χ4v) is 2.84. The first-order chi connectivity index (χ1) is 10.9. The number of amides is 1. The fourth-order valence-electron chi connectivity index (χ4n) is 2.84. The van der Waals surface area contributed by atoms with Gasteiger partial charge in [0.15, 0.2) is 6.10 Å². The second-order valence-electron chi connectivity index (χ2n) is 6.84. The molecule has 0 aliphatic carbocycles. The highest BCUT2D eigenvalue weighted by atomic mass is 16.6. The molecular formula is C17H22N2O4. The van der Waals surface area contributed by atoms with Gasteiger partial charge in [-0.05, 0) is 45.0 Å². The predicted octanol–water partition coefficient (Wildman–Crippen LogP) is 2.67. The molecule has 0 N–H and O–H groups in total. The van der Waals surface area contributed by atoms with Crippen LogP contribution in [0.5, 0.6) is 5.75 Å². The van der Waals surface area contributed by atoms with Gasteiger partial charge in [-0.2, -0.15) is 0 Å². The van der Waals surface area contributed by atoms with E-state index in [0.717, 1.165) is 17.0 Å². The van der Waals surface area contributed by atoms with Crippen LogP contribution in [0.4, 0.5) is 4.79 Å². The van der Waals surface area contributed by atoms with Gasteiger partial charge in [0.05, 0.1) is 25.3 Å². The third kappa shape index (κ3) is 3.25. The lowest BCUT2D eigenvalue weighted by atomic mass is 9.95. The maximum Gasteiger partial charge on any atom is 0.410 e. The fraction of sp³-hybridized carbons (Fsp3) is 0.529. The summed E-state index contributed by atoms with van der Waals surface area (Å²) < 4.78 is 10.6. The SMILES string of the molecule is COc1ccc(C2=NOC3CN(C(=O)OC(C)(C)C)CC23)cc1. The molecule has 2 atom stereocenters. The summed E-state index contributed by atoms with van der Waals surface area (Å²) in [4.78, 5) is 19.4. The van der Waals surface area contributed by atoms with E-state index in [0.29, 0.717) is 13.1 Å². The van der Waals surface area contributed by atoms with Crippen molar-refractivity contribution >= 4 is 11.8 Å². The number of benzene rings is 1. The molecular weight excluding hydrogens is 296 g/mol. The highest BCUT2D eigenvalue weighted by molar-refractivity contribution is 6.03. The van der Waals surface area contributed by atoms with Crippen LogP contribution in [0.15, 0.2) is 29.4 Å². The summed E-state index contributed by atoms with van der Waals surface area (Å²) in [5.41, 5.74) is 1.37. The van der Waals surface area contributed by atoms with Crippen molar-refractivity contribution in [3.8, 4) is 5.75 Å². The summed E-state index contributed by atoms with van der Waals surface area (Å²) in [5.74, 6) is 0.877. The molecule has 2 heterocycles. The third-order valence-corrected chi connectivity index (χ3v) is 3.94. The Bertz CT molecular complexity index is 618. The Morgan fingerprint density at radius 3 is 2.57 bits per heavy atom. The van der Waals surface area contributed by atoms with Crippen LogP contribution in [-0.2, 0) is 9.57 Å². The monoisotopic (exact) mass is 318 g/mol. The Balaban J connectivity index is 1.70. The van der Waals surface area contributed by atoms with Crippen LogP contribution < -0.4 is 4.74 Å². The van der Waals surface area contributed by atoms with Gasteiger partial charge in [-0.3, -0.25) is 0 Å². The molecule has 0 saturated carbocycles. The second kappa shape index (κ2) is 5.76. The minimum absolute atomic E-state index is 0.0795. The highest BCUT2D eigenvalue weighted by Gasteiger charge is 2.45. The smallest absolute Gasteiger partial charge is 0.410 e. The quantitative estimate of drug-likeness (QED) is 0.841. The molecule has 0 radical (unpaired) electrons. The van der Waals surface area contributed by atoms with Crippen molar-refractivity contribution in [2.45, 2.75) is 32.5 Å². The number of hydrogen-bond acceptors (Lipinski definition) is 5. The van der Waals surface area contributed by atoms with Gasteiger partial charge in [0.2, 0.25) is 0 Å². The summed E-state index contributed by atoms with van der Waals surface area (Å²) in [6.45, 7) is 6.65. The van der Waals surface area contributed by atoms with Crippen LogP contribution in [0.3, 0.4) is 0 Å². The van der Waals surface area contributed by atoms with Gasteiger partial charge in [0.25, 0.3) is 0 Å². The van der Waals surface area contributed by atoms with E-state index < -0.39 is 5.60 Å². The Morgan fingerprint density at radius 2 is 1.96 bits per heavy atom. The van der Waals surface area contributed by atoms with Crippen LogP contribution in [0, 0.1) is 5.92 Å². The Labute approximate surface area is 136 Å². The number of ether oxygens (including phenoxy) is 2. The molecule has 1 aromatic rings. The standard InChI is InChI=1S/C17H22N2O4/c1-17(2,3)22-16(20)19-9-13-14(10-19)23-18-15(13)11-5-7-12(21-4)8-6-11/h5-8,13-14H,9-10H2,1-4H3. The molecule has 1 saturated heterocycles. The molecule has 1 fully saturated rings. The number of oxime groups is 1. The first kappa shape index (κ1) is 15.6. The summed E-state index contributed by atoms with van der Waals surface area (Å²) in [6, 6.07) is 7.70. The number of fused-ring (bicyclic) bond motifs is 1. The minimum atomic E-state index is -0.497. The van der Waals surface area contributed by atoms with Crippen molar-refractivity contribution in [2.75, 3.05) is 20.2 Å². The van der Waals surface area contributed by atoms with Gasteiger partial charge in [0.1, 0.15) is 11.4 Å². The summed E-state index contributed by atoms with van der Waals surface area (Å²) >= 11 is 0. The Hall–Kier alpha value is -2.24. The van der Waals surface area contributed by atoms with Crippen molar-refractivity contribution in [3.05, 3.63) is 29.8 Å². The molecule has 124 valence electrons. The first-order valence-corrected chi connectivity index (χ1v) is 7.73. The van der Waals surface area contributed by atoms with E-state index in [1.165, 1.54) is 0 Å². The third-order valence-electron chi connectivity index (χ3n) is 3.94. The zero-order valence-corrected chi connectivity index (χ0v) is 13.9.